The highest BCUT2D eigenvalue weighted by molar-refractivity contribution is 6.30. The van der Waals surface area contributed by atoms with Gasteiger partial charge < -0.3 is 14.5 Å². The van der Waals surface area contributed by atoms with Crippen molar-refractivity contribution in [1.29, 1.82) is 0 Å². The number of urea groups is 1. The lowest BCUT2D eigenvalue weighted by Crippen LogP contribution is -2.54. The molecule has 2 heterocycles. The van der Waals surface area contributed by atoms with Gasteiger partial charge in [-0.3, -0.25) is 4.90 Å². The summed E-state index contributed by atoms with van der Waals surface area (Å²) in [5.74, 6) is 0. The number of benzene rings is 1. The van der Waals surface area contributed by atoms with Crippen molar-refractivity contribution in [2.75, 3.05) is 31.1 Å². The number of ether oxygens (including phenoxy) is 1. The number of hydrogen-bond acceptors (Lipinski definition) is 3. The number of halogens is 4. The van der Waals surface area contributed by atoms with Crippen LogP contribution in [0.15, 0.2) is 18.2 Å². The Kier molecular flexibility index (Phi) is 5.16. The average Bonchev–Trinajstić information content (AvgIpc) is 2.89. The molecule has 0 spiro atoms. The Bertz CT molecular complexity index is 795. The van der Waals surface area contributed by atoms with Crippen LogP contribution in [-0.4, -0.2) is 59.7 Å². The number of carbonyl (C=O) groups is 2. The molecule has 0 unspecified atom stereocenters. The molecule has 3 rings (SSSR count). The molecule has 6 nitrogen and oxygen atoms in total. The number of amides is 3. The molecule has 1 aromatic carbocycles. The first kappa shape index (κ1) is 20.6. The quantitative estimate of drug-likeness (QED) is 0.684. The largest absolute Gasteiger partial charge is 0.444 e. The Labute approximate surface area is 165 Å². The van der Waals surface area contributed by atoms with Crippen molar-refractivity contribution >= 4 is 29.4 Å². The fraction of sp³-hybridized carbons (Fsp3) is 0.556. The fourth-order valence-electron chi connectivity index (χ4n) is 3.37. The summed E-state index contributed by atoms with van der Waals surface area (Å²) in [6.45, 7) is 5.99. The van der Waals surface area contributed by atoms with Crippen molar-refractivity contribution in [3.05, 3.63) is 28.8 Å². The van der Waals surface area contributed by atoms with Gasteiger partial charge in [0.25, 0.3) is 0 Å². The van der Waals surface area contributed by atoms with Gasteiger partial charge in [-0.25, -0.2) is 9.59 Å². The molecule has 0 aromatic heterocycles. The van der Waals surface area contributed by atoms with Crippen molar-refractivity contribution < 1.29 is 27.5 Å². The third-order valence-electron chi connectivity index (χ3n) is 4.56. The van der Waals surface area contributed by atoms with Gasteiger partial charge in [-0.1, -0.05) is 11.6 Å². The number of alkyl halides is 3. The topological polar surface area (TPSA) is 53.1 Å². The third-order valence-corrected chi connectivity index (χ3v) is 4.79. The van der Waals surface area contributed by atoms with E-state index in [2.05, 4.69) is 0 Å². The molecule has 2 fully saturated rings. The van der Waals surface area contributed by atoms with E-state index in [0.717, 1.165) is 11.0 Å². The van der Waals surface area contributed by atoms with E-state index in [4.69, 9.17) is 16.3 Å². The number of rotatable bonds is 1. The van der Waals surface area contributed by atoms with Gasteiger partial charge in [0.2, 0.25) is 0 Å². The predicted octanol–water partition coefficient (Wildman–Crippen LogP) is 4.22. The number of piperazine rings is 1. The summed E-state index contributed by atoms with van der Waals surface area (Å²) >= 11 is 5.72. The van der Waals surface area contributed by atoms with Crippen LogP contribution < -0.4 is 4.90 Å². The SMILES string of the molecule is CC(C)(C)OC(=O)N1CCN2C(=O)N(c3ccc(Cl)cc3C(F)(F)F)C[C@@H]2C1. The van der Waals surface area contributed by atoms with Crippen LogP contribution in [0.5, 0.6) is 0 Å². The first-order valence-electron chi connectivity index (χ1n) is 8.79. The van der Waals surface area contributed by atoms with Gasteiger partial charge >= 0.3 is 18.3 Å². The van der Waals surface area contributed by atoms with Crippen molar-refractivity contribution in [1.82, 2.24) is 9.80 Å². The van der Waals surface area contributed by atoms with Gasteiger partial charge in [0.1, 0.15) is 5.60 Å². The lowest BCUT2D eigenvalue weighted by molar-refractivity contribution is -0.137. The summed E-state index contributed by atoms with van der Waals surface area (Å²) in [4.78, 5) is 29.1. The minimum Gasteiger partial charge on any atom is -0.444 e. The van der Waals surface area contributed by atoms with E-state index in [1.54, 1.807) is 20.8 Å². The monoisotopic (exact) mass is 419 g/mol. The predicted molar refractivity (Wildman–Crippen MR) is 97.5 cm³/mol. The number of anilines is 1. The van der Waals surface area contributed by atoms with Crippen molar-refractivity contribution in [2.45, 2.75) is 38.6 Å². The molecule has 1 atom stereocenters. The Morgan fingerprint density at radius 3 is 2.46 bits per heavy atom. The van der Waals surface area contributed by atoms with Crippen LogP contribution in [0, 0.1) is 0 Å². The molecule has 2 aliphatic heterocycles. The van der Waals surface area contributed by atoms with E-state index in [1.807, 2.05) is 0 Å². The van der Waals surface area contributed by atoms with Crippen LogP contribution in [0.1, 0.15) is 26.3 Å². The second-order valence-corrected chi connectivity index (χ2v) is 8.26. The van der Waals surface area contributed by atoms with Crippen LogP contribution >= 0.6 is 11.6 Å². The fourth-order valence-corrected chi connectivity index (χ4v) is 3.54. The minimum absolute atomic E-state index is 0.0445. The maximum Gasteiger partial charge on any atom is 0.418 e. The van der Waals surface area contributed by atoms with E-state index >= 15 is 0 Å². The van der Waals surface area contributed by atoms with E-state index in [0.29, 0.717) is 0 Å². The summed E-state index contributed by atoms with van der Waals surface area (Å²) in [5, 5.41) is -0.0588. The molecule has 0 saturated carbocycles. The summed E-state index contributed by atoms with van der Waals surface area (Å²) in [6, 6.07) is 2.41. The molecule has 28 heavy (non-hydrogen) atoms. The summed E-state index contributed by atoms with van der Waals surface area (Å²) in [6.07, 6.45) is -5.15. The van der Waals surface area contributed by atoms with Crippen molar-refractivity contribution in [2.24, 2.45) is 0 Å². The van der Waals surface area contributed by atoms with Crippen LogP contribution in [0.25, 0.3) is 0 Å². The van der Waals surface area contributed by atoms with Crippen LogP contribution in [0.3, 0.4) is 0 Å². The van der Waals surface area contributed by atoms with Gasteiger partial charge in [-0.15, -0.1) is 0 Å². The summed E-state index contributed by atoms with van der Waals surface area (Å²) in [7, 11) is 0. The highest BCUT2D eigenvalue weighted by Crippen LogP contribution is 2.40. The first-order chi connectivity index (χ1) is 12.9. The molecule has 10 heteroatoms. The van der Waals surface area contributed by atoms with Gasteiger partial charge in [0.15, 0.2) is 0 Å². The van der Waals surface area contributed by atoms with Crippen LogP contribution in [0.2, 0.25) is 5.02 Å². The third kappa shape index (κ3) is 4.14. The molecule has 154 valence electrons. The summed E-state index contributed by atoms with van der Waals surface area (Å²) < 4.78 is 45.6. The zero-order valence-electron chi connectivity index (χ0n) is 15.7. The lowest BCUT2D eigenvalue weighted by Gasteiger charge is -2.36. The lowest BCUT2D eigenvalue weighted by atomic mass is 10.1. The maximum atomic E-state index is 13.4. The standard InChI is InChI=1S/C18H21ClF3N3O3/c1-17(2,3)28-16(27)23-6-7-24-12(9-23)10-25(15(24)26)14-5-4-11(19)8-13(14)18(20,21)22/h4-5,8,12H,6-7,9-10H2,1-3H3/t12-/m0/s1. The molecule has 0 radical (unpaired) electrons. The molecule has 1 aromatic rings. The molecule has 3 amide bonds. The van der Waals surface area contributed by atoms with E-state index in [-0.39, 0.29) is 36.9 Å². The van der Waals surface area contributed by atoms with Gasteiger partial charge in [-0.2, -0.15) is 13.2 Å². The number of fused-ring (bicyclic) bond motifs is 1. The maximum absolute atomic E-state index is 13.4. The number of nitrogens with zero attached hydrogens (tertiary/aromatic N) is 3. The number of carbonyl (C=O) groups excluding carboxylic acids is 2. The van der Waals surface area contributed by atoms with Crippen LogP contribution in [0.4, 0.5) is 28.4 Å². The van der Waals surface area contributed by atoms with Gasteiger partial charge in [-0.05, 0) is 39.0 Å². The Balaban J connectivity index is 1.81. The second kappa shape index (κ2) is 7.02. The zero-order valence-corrected chi connectivity index (χ0v) is 16.5. The molecule has 0 N–H and O–H groups in total. The van der Waals surface area contributed by atoms with Crippen LogP contribution in [-0.2, 0) is 10.9 Å². The van der Waals surface area contributed by atoms with Gasteiger partial charge in [0, 0.05) is 31.2 Å². The van der Waals surface area contributed by atoms with E-state index in [1.165, 1.54) is 21.9 Å². The number of hydrogen-bond donors (Lipinski definition) is 0. The second-order valence-electron chi connectivity index (χ2n) is 7.83. The smallest absolute Gasteiger partial charge is 0.418 e. The zero-order chi connectivity index (χ0) is 20.9. The first-order valence-corrected chi connectivity index (χ1v) is 9.17. The molecule has 0 bridgehead atoms. The Morgan fingerprint density at radius 1 is 1.18 bits per heavy atom. The highest BCUT2D eigenvalue weighted by Gasteiger charge is 2.45. The van der Waals surface area contributed by atoms with E-state index in [9.17, 15) is 22.8 Å². The highest BCUT2D eigenvalue weighted by atomic mass is 35.5. The van der Waals surface area contributed by atoms with Crippen molar-refractivity contribution in [3.8, 4) is 0 Å². The van der Waals surface area contributed by atoms with Gasteiger partial charge in [0.05, 0.1) is 17.3 Å². The Morgan fingerprint density at radius 2 is 1.86 bits per heavy atom. The molecule has 0 aliphatic carbocycles. The van der Waals surface area contributed by atoms with E-state index < -0.39 is 35.5 Å². The minimum atomic E-state index is -4.65. The molecule has 2 saturated heterocycles. The van der Waals surface area contributed by atoms with Crippen molar-refractivity contribution in [3.63, 3.8) is 0 Å². The molecular formula is C18H21ClF3N3O3. The summed E-state index contributed by atoms with van der Waals surface area (Å²) in [5.41, 5.74) is -1.85. The molecular weight excluding hydrogens is 399 g/mol. The molecule has 2 aliphatic rings. The Hall–Kier alpha value is -2.16. The normalized spacial score (nSPS) is 20.5. The average molecular weight is 420 g/mol.